The fourth-order valence-electron chi connectivity index (χ4n) is 2.22. The Balaban J connectivity index is 1.82. The van der Waals surface area contributed by atoms with E-state index in [4.69, 9.17) is 21.1 Å². The van der Waals surface area contributed by atoms with Crippen LogP contribution in [0.5, 0.6) is 11.5 Å². The van der Waals surface area contributed by atoms with Crippen molar-refractivity contribution in [3.63, 3.8) is 0 Å². The number of hydrogen-bond acceptors (Lipinski definition) is 4. The maximum atomic E-state index is 12.9. The van der Waals surface area contributed by atoms with Gasteiger partial charge >= 0.3 is 0 Å². The third kappa shape index (κ3) is 5.61. The summed E-state index contributed by atoms with van der Waals surface area (Å²) in [5.74, 6) is 0.673. The Hall–Kier alpha value is -2.31. The summed E-state index contributed by atoms with van der Waals surface area (Å²) < 4.78 is 23.5. The number of anilines is 1. The maximum Gasteiger partial charge on any atom is 0.241 e. The normalized spacial score (nSPS) is 11.9. The number of likely N-dealkylation sites (N-methyl/N-ethyl adjacent to an activating group) is 1. The van der Waals surface area contributed by atoms with Crippen LogP contribution in [0.25, 0.3) is 0 Å². The first-order chi connectivity index (χ1) is 12.4. The Morgan fingerprint density at radius 1 is 1.27 bits per heavy atom. The molecule has 1 atom stereocenters. The van der Waals surface area contributed by atoms with Gasteiger partial charge in [-0.25, -0.2) is 4.39 Å². The van der Waals surface area contributed by atoms with E-state index in [1.165, 1.54) is 19.2 Å². The quantitative estimate of drug-likeness (QED) is 0.756. The summed E-state index contributed by atoms with van der Waals surface area (Å²) in [5, 5.41) is 3.26. The van der Waals surface area contributed by atoms with Gasteiger partial charge in [0.1, 0.15) is 23.9 Å². The van der Waals surface area contributed by atoms with Crippen LogP contribution in [0.15, 0.2) is 42.5 Å². The van der Waals surface area contributed by atoms with Crippen molar-refractivity contribution in [2.75, 3.05) is 32.6 Å². The van der Waals surface area contributed by atoms with Crippen LogP contribution in [0.1, 0.15) is 6.92 Å². The lowest BCUT2D eigenvalue weighted by Gasteiger charge is -2.24. The molecule has 0 fully saturated rings. The number of ether oxygens (including phenoxy) is 2. The zero-order valence-corrected chi connectivity index (χ0v) is 15.7. The summed E-state index contributed by atoms with van der Waals surface area (Å²) >= 11 is 6.06. The van der Waals surface area contributed by atoms with Crippen molar-refractivity contribution >= 4 is 23.2 Å². The minimum Gasteiger partial charge on any atom is -0.495 e. The number of nitrogens with one attached hydrogen (secondary N) is 1. The topological polar surface area (TPSA) is 50.8 Å². The first-order valence-corrected chi connectivity index (χ1v) is 8.51. The molecule has 26 heavy (non-hydrogen) atoms. The van der Waals surface area contributed by atoms with E-state index in [0.717, 1.165) is 0 Å². The van der Waals surface area contributed by atoms with Gasteiger partial charge in [0.05, 0.1) is 18.2 Å². The fraction of sp³-hybridized carbons (Fsp3) is 0.316. The van der Waals surface area contributed by atoms with Crippen molar-refractivity contribution in [1.82, 2.24) is 4.90 Å². The van der Waals surface area contributed by atoms with Gasteiger partial charge in [0, 0.05) is 12.2 Å². The number of benzene rings is 2. The van der Waals surface area contributed by atoms with E-state index in [-0.39, 0.29) is 17.8 Å². The number of carbonyl (C=O) groups excluding carboxylic acids is 1. The van der Waals surface area contributed by atoms with E-state index in [2.05, 4.69) is 5.32 Å². The van der Waals surface area contributed by atoms with E-state index in [9.17, 15) is 9.18 Å². The lowest BCUT2D eigenvalue weighted by atomic mass is 10.2. The van der Waals surface area contributed by atoms with E-state index in [1.807, 2.05) is 11.9 Å². The molecule has 1 amide bonds. The molecular formula is C19H22ClFN2O3. The van der Waals surface area contributed by atoms with Crippen LogP contribution in [0, 0.1) is 5.82 Å². The third-order valence-electron chi connectivity index (χ3n) is 3.99. The molecule has 1 N–H and O–H groups in total. The second-order valence-corrected chi connectivity index (χ2v) is 6.20. The highest BCUT2D eigenvalue weighted by Gasteiger charge is 2.18. The molecule has 0 unspecified atom stereocenters. The lowest BCUT2D eigenvalue weighted by Crippen LogP contribution is -2.41. The number of rotatable bonds is 8. The minimum atomic E-state index is -0.368. The lowest BCUT2D eigenvalue weighted by molar-refractivity contribution is -0.120. The predicted octanol–water partition coefficient (Wildman–Crippen LogP) is 3.83. The maximum absolute atomic E-state index is 12.9. The molecule has 0 bridgehead atoms. The number of hydrogen-bond donors (Lipinski definition) is 1. The van der Waals surface area contributed by atoms with Crippen LogP contribution in [0.4, 0.5) is 10.1 Å². The first kappa shape index (κ1) is 20.0. The zero-order valence-electron chi connectivity index (χ0n) is 15.0. The first-order valence-electron chi connectivity index (χ1n) is 8.13. The molecule has 0 spiro atoms. The summed E-state index contributed by atoms with van der Waals surface area (Å²) in [7, 11) is 3.36. The molecule has 2 aromatic rings. The average molecular weight is 381 g/mol. The Morgan fingerprint density at radius 2 is 1.96 bits per heavy atom. The average Bonchev–Trinajstić information content (AvgIpc) is 2.62. The third-order valence-corrected chi connectivity index (χ3v) is 4.28. The van der Waals surface area contributed by atoms with E-state index in [1.54, 1.807) is 37.3 Å². The van der Waals surface area contributed by atoms with Crippen LogP contribution in [0.3, 0.4) is 0 Å². The zero-order chi connectivity index (χ0) is 19.1. The predicted molar refractivity (Wildman–Crippen MR) is 101 cm³/mol. The van der Waals surface area contributed by atoms with Crippen molar-refractivity contribution in [3.8, 4) is 11.5 Å². The second-order valence-electron chi connectivity index (χ2n) is 5.80. The van der Waals surface area contributed by atoms with Crippen LogP contribution in [0.2, 0.25) is 5.02 Å². The largest absolute Gasteiger partial charge is 0.495 e. The van der Waals surface area contributed by atoms with Crippen LogP contribution in [-0.4, -0.2) is 44.2 Å². The smallest absolute Gasteiger partial charge is 0.241 e. The highest BCUT2D eigenvalue weighted by Crippen LogP contribution is 2.27. The van der Waals surface area contributed by atoms with Gasteiger partial charge in [-0.05, 0) is 56.4 Å². The number of carbonyl (C=O) groups is 1. The Bertz CT molecular complexity index is 740. The van der Waals surface area contributed by atoms with Crippen LogP contribution >= 0.6 is 11.6 Å². The molecule has 5 nitrogen and oxygen atoms in total. The fourth-order valence-corrected chi connectivity index (χ4v) is 2.48. The molecule has 0 heterocycles. The number of methoxy groups -OCH3 is 1. The molecule has 0 saturated heterocycles. The highest BCUT2D eigenvalue weighted by molar-refractivity contribution is 6.32. The molecule has 2 aromatic carbocycles. The Labute approximate surface area is 157 Å². The minimum absolute atomic E-state index is 0.157. The SMILES string of the molecule is COc1ccc(NC(=O)[C@H](C)N(C)CCOc2ccc(F)cc2)cc1Cl. The van der Waals surface area contributed by atoms with E-state index in [0.29, 0.717) is 35.4 Å². The molecule has 0 aliphatic carbocycles. The van der Waals surface area contributed by atoms with Crippen molar-refractivity contribution in [1.29, 1.82) is 0 Å². The Morgan fingerprint density at radius 3 is 2.58 bits per heavy atom. The molecule has 140 valence electrons. The monoisotopic (exact) mass is 380 g/mol. The van der Waals surface area contributed by atoms with Crippen molar-refractivity contribution < 1.29 is 18.7 Å². The molecule has 0 aliphatic heterocycles. The molecule has 7 heteroatoms. The molecule has 0 aromatic heterocycles. The Kier molecular flexibility index (Phi) is 7.24. The molecular weight excluding hydrogens is 359 g/mol. The van der Waals surface area contributed by atoms with Gasteiger partial charge < -0.3 is 14.8 Å². The van der Waals surface area contributed by atoms with Crippen LogP contribution in [-0.2, 0) is 4.79 Å². The van der Waals surface area contributed by atoms with E-state index >= 15 is 0 Å². The molecule has 0 radical (unpaired) electrons. The molecule has 0 saturated carbocycles. The second kappa shape index (κ2) is 9.40. The summed E-state index contributed by atoms with van der Waals surface area (Å²) in [6, 6.07) is 10.5. The molecule has 0 aliphatic rings. The number of halogens is 2. The highest BCUT2D eigenvalue weighted by atomic mass is 35.5. The molecule has 2 rings (SSSR count). The summed E-state index contributed by atoms with van der Waals surface area (Å²) in [6.45, 7) is 2.72. The van der Waals surface area contributed by atoms with Gasteiger partial charge in [0.15, 0.2) is 0 Å². The number of nitrogens with zero attached hydrogens (tertiary/aromatic N) is 1. The van der Waals surface area contributed by atoms with Gasteiger partial charge in [-0.3, -0.25) is 9.69 Å². The summed E-state index contributed by atoms with van der Waals surface area (Å²) in [4.78, 5) is 14.2. The van der Waals surface area contributed by atoms with Gasteiger partial charge in [-0.1, -0.05) is 11.6 Å². The van der Waals surface area contributed by atoms with Crippen molar-refractivity contribution in [3.05, 3.63) is 53.3 Å². The van der Waals surface area contributed by atoms with Gasteiger partial charge in [-0.15, -0.1) is 0 Å². The van der Waals surface area contributed by atoms with Crippen molar-refractivity contribution in [2.45, 2.75) is 13.0 Å². The van der Waals surface area contributed by atoms with Gasteiger partial charge in [0.2, 0.25) is 5.91 Å². The standard InChI is InChI=1S/C19H22ClFN2O3/c1-13(19(24)22-15-6-9-18(25-3)17(20)12-15)23(2)10-11-26-16-7-4-14(21)5-8-16/h4-9,12-13H,10-11H2,1-3H3,(H,22,24)/t13-/m0/s1. The van der Waals surface area contributed by atoms with E-state index < -0.39 is 0 Å². The number of amides is 1. The summed E-state index contributed by atoms with van der Waals surface area (Å²) in [6.07, 6.45) is 0. The van der Waals surface area contributed by atoms with Gasteiger partial charge in [0.25, 0.3) is 0 Å². The summed E-state index contributed by atoms with van der Waals surface area (Å²) in [5.41, 5.74) is 0.601. The van der Waals surface area contributed by atoms with Crippen LogP contribution < -0.4 is 14.8 Å². The van der Waals surface area contributed by atoms with Crippen molar-refractivity contribution in [2.24, 2.45) is 0 Å². The van der Waals surface area contributed by atoms with Gasteiger partial charge in [-0.2, -0.15) is 0 Å².